The van der Waals surface area contributed by atoms with Gasteiger partial charge in [0.15, 0.2) is 5.65 Å². The van der Waals surface area contributed by atoms with Crippen LogP contribution >= 0.6 is 11.6 Å². The maximum atomic E-state index is 13.7. The van der Waals surface area contributed by atoms with Crippen molar-refractivity contribution < 1.29 is 9.59 Å². The lowest BCUT2D eigenvalue weighted by Gasteiger charge is -2.35. The number of likely N-dealkylation sites (tertiary alicyclic amines) is 1. The Labute approximate surface area is 210 Å². The fourth-order valence-electron chi connectivity index (χ4n) is 5.26. The number of carbonyl (C=O) groups is 2. The molecule has 2 aliphatic heterocycles. The first-order chi connectivity index (χ1) is 16.8. The Kier molecular flexibility index (Phi) is 6.40. The Bertz CT molecular complexity index is 1290. The second-order valence-corrected chi connectivity index (χ2v) is 10.3. The number of nitrogens with zero attached hydrogens (tertiary/aromatic N) is 5. The second kappa shape index (κ2) is 9.49. The first-order valence-electron chi connectivity index (χ1n) is 12.3. The summed E-state index contributed by atoms with van der Waals surface area (Å²) in [7, 11) is 0. The summed E-state index contributed by atoms with van der Waals surface area (Å²) in [6, 6.07) is 6.81. The molecule has 5 rings (SSSR count). The van der Waals surface area contributed by atoms with Gasteiger partial charge in [0.25, 0.3) is 5.91 Å². The van der Waals surface area contributed by atoms with E-state index in [1.165, 1.54) is 13.3 Å². The van der Waals surface area contributed by atoms with Gasteiger partial charge in [-0.3, -0.25) is 9.59 Å². The summed E-state index contributed by atoms with van der Waals surface area (Å²) in [5, 5.41) is 8.05. The van der Waals surface area contributed by atoms with Gasteiger partial charge in [-0.1, -0.05) is 18.5 Å². The molecule has 0 radical (unpaired) electrons. The van der Waals surface area contributed by atoms with E-state index in [1.807, 2.05) is 21.7 Å². The van der Waals surface area contributed by atoms with Gasteiger partial charge in [0.05, 0.1) is 23.0 Å². The molecule has 4 heterocycles. The number of amides is 2. The molecule has 1 aromatic carbocycles. The zero-order chi connectivity index (χ0) is 24.7. The number of nitrogens with one attached hydrogen (secondary N) is 1. The first-order valence-corrected chi connectivity index (χ1v) is 12.7. The third-order valence-corrected chi connectivity index (χ3v) is 7.21. The highest BCUT2D eigenvalue weighted by Gasteiger charge is 2.32. The summed E-state index contributed by atoms with van der Waals surface area (Å²) >= 11 is 6.22. The van der Waals surface area contributed by atoms with Gasteiger partial charge in [0.2, 0.25) is 5.91 Å². The van der Waals surface area contributed by atoms with Crippen molar-refractivity contribution in [2.45, 2.75) is 52.5 Å². The van der Waals surface area contributed by atoms with Crippen LogP contribution in [0.4, 0.5) is 11.5 Å². The standard InChI is InChI=1S/C26H31ClN6O2/c1-16-9-11-31(14-16)25-17(2)15-33-24(29-25)13-22(30-33)23-6-4-5-10-32(23)26(35)20-12-19(27)7-8-21(20)28-18(3)34/h7-8,12-13,15-16,23H,4-6,9-11,14H2,1-3H3,(H,28,34)/t16-,23-/m0/s1. The molecular formula is C26H31ClN6O2. The van der Waals surface area contributed by atoms with Crippen LogP contribution in [-0.2, 0) is 4.79 Å². The second-order valence-electron chi connectivity index (χ2n) is 9.84. The Balaban J connectivity index is 1.48. The maximum Gasteiger partial charge on any atom is 0.256 e. The third kappa shape index (κ3) is 4.72. The van der Waals surface area contributed by atoms with E-state index in [2.05, 4.69) is 24.1 Å². The molecule has 3 aromatic rings. The molecule has 0 bridgehead atoms. The highest BCUT2D eigenvalue weighted by Crippen LogP contribution is 2.34. The molecule has 0 aliphatic carbocycles. The van der Waals surface area contributed by atoms with Gasteiger partial charge in [-0.25, -0.2) is 9.50 Å². The van der Waals surface area contributed by atoms with E-state index in [9.17, 15) is 9.59 Å². The molecule has 2 saturated heterocycles. The van der Waals surface area contributed by atoms with Crippen LogP contribution in [0.1, 0.15) is 67.2 Å². The van der Waals surface area contributed by atoms with Crippen LogP contribution in [0.25, 0.3) is 5.65 Å². The smallest absolute Gasteiger partial charge is 0.256 e. The minimum absolute atomic E-state index is 0.158. The molecule has 0 unspecified atom stereocenters. The number of halogens is 1. The molecule has 2 atom stereocenters. The van der Waals surface area contributed by atoms with Gasteiger partial charge in [0, 0.05) is 49.4 Å². The number of rotatable bonds is 4. The molecule has 0 saturated carbocycles. The van der Waals surface area contributed by atoms with Crippen LogP contribution in [-0.4, -0.2) is 50.9 Å². The number of anilines is 2. The van der Waals surface area contributed by atoms with Gasteiger partial charge in [-0.15, -0.1) is 0 Å². The third-order valence-electron chi connectivity index (χ3n) is 6.98. The number of hydrogen-bond acceptors (Lipinski definition) is 5. The molecule has 9 heteroatoms. The zero-order valence-corrected chi connectivity index (χ0v) is 21.2. The van der Waals surface area contributed by atoms with Crippen molar-refractivity contribution in [2.24, 2.45) is 5.92 Å². The molecule has 0 spiro atoms. The lowest BCUT2D eigenvalue weighted by atomic mass is 9.98. The van der Waals surface area contributed by atoms with E-state index in [-0.39, 0.29) is 17.9 Å². The van der Waals surface area contributed by atoms with Gasteiger partial charge >= 0.3 is 0 Å². The SMILES string of the molecule is CC(=O)Nc1ccc(Cl)cc1C(=O)N1CCCC[C@H]1c1cc2nc(N3CC[C@H](C)C3)c(C)cn2n1. The topological polar surface area (TPSA) is 82.8 Å². The average molecular weight is 495 g/mol. The molecule has 184 valence electrons. The molecular weight excluding hydrogens is 464 g/mol. The Morgan fingerprint density at radius 3 is 2.71 bits per heavy atom. The Hall–Kier alpha value is -3.13. The predicted molar refractivity (Wildman–Crippen MR) is 137 cm³/mol. The van der Waals surface area contributed by atoms with Crippen LogP contribution in [0.2, 0.25) is 5.02 Å². The zero-order valence-electron chi connectivity index (χ0n) is 20.4. The highest BCUT2D eigenvalue weighted by atomic mass is 35.5. The Morgan fingerprint density at radius 1 is 1.14 bits per heavy atom. The number of fused-ring (bicyclic) bond motifs is 1. The van der Waals surface area contributed by atoms with Crippen molar-refractivity contribution in [1.82, 2.24) is 19.5 Å². The average Bonchev–Trinajstić information content (AvgIpc) is 3.44. The summed E-state index contributed by atoms with van der Waals surface area (Å²) in [5.74, 6) is 1.29. The van der Waals surface area contributed by atoms with Crippen LogP contribution in [0, 0.1) is 12.8 Å². The van der Waals surface area contributed by atoms with E-state index < -0.39 is 0 Å². The molecule has 8 nitrogen and oxygen atoms in total. The number of aryl methyl sites for hydroxylation is 1. The fraction of sp³-hybridized carbons (Fsp3) is 0.462. The molecule has 35 heavy (non-hydrogen) atoms. The Morgan fingerprint density at radius 2 is 1.97 bits per heavy atom. The lowest BCUT2D eigenvalue weighted by Crippen LogP contribution is -2.39. The number of carbonyl (C=O) groups excluding carboxylic acids is 2. The molecule has 2 aromatic heterocycles. The largest absolute Gasteiger partial charge is 0.356 e. The first kappa shape index (κ1) is 23.6. The van der Waals surface area contributed by atoms with Gasteiger partial charge in [0.1, 0.15) is 5.82 Å². The molecule has 1 N–H and O–H groups in total. The van der Waals surface area contributed by atoms with Crippen molar-refractivity contribution in [2.75, 3.05) is 29.9 Å². The highest BCUT2D eigenvalue weighted by molar-refractivity contribution is 6.31. The van der Waals surface area contributed by atoms with Crippen LogP contribution in [0.5, 0.6) is 0 Å². The van der Waals surface area contributed by atoms with E-state index in [0.29, 0.717) is 28.7 Å². The van der Waals surface area contributed by atoms with Crippen molar-refractivity contribution in [3.63, 3.8) is 0 Å². The van der Waals surface area contributed by atoms with Crippen molar-refractivity contribution in [3.8, 4) is 0 Å². The van der Waals surface area contributed by atoms with Gasteiger partial charge in [-0.2, -0.15) is 5.10 Å². The summed E-state index contributed by atoms with van der Waals surface area (Å²) in [5.41, 5.74) is 3.58. The molecule has 2 aliphatic rings. The van der Waals surface area contributed by atoms with Crippen molar-refractivity contribution in [1.29, 1.82) is 0 Å². The minimum atomic E-state index is -0.235. The van der Waals surface area contributed by atoms with Crippen LogP contribution < -0.4 is 10.2 Å². The molecule has 2 amide bonds. The van der Waals surface area contributed by atoms with Crippen molar-refractivity contribution in [3.05, 3.63) is 52.3 Å². The van der Waals surface area contributed by atoms with E-state index in [1.54, 1.807) is 18.2 Å². The van der Waals surface area contributed by atoms with Gasteiger partial charge < -0.3 is 15.1 Å². The minimum Gasteiger partial charge on any atom is -0.356 e. The van der Waals surface area contributed by atoms with E-state index in [4.69, 9.17) is 21.7 Å². The number of benzene rings is 1. The number of aromatic nitrogens is 3. The summed E-state index contributed by atoms with van der Waals surface area (Å²) in [6.07, 6.45) is 5.96. The normalized spacial score (nSPS) is 20.5. The lowest BCUT2D eigenvalue weighted by molar-refractivity contribution is -0.114. The molecule has 2 fully saturated rings. The number of hydrogen-bond donors (Lipinski definition) is 1. The van der Waals surface area contributed by atoms with Crippen LogP contribution in [0.15, 0.2) is 30.5 Å². The van der Waals surface area contributed by atoms with E-state index in [0.717, 1.165) is 55.1 Å². The monoisotopic (exact) mass is 494 g/mol. The number of piperidine rings is 1. The van der Waals surface area contributed by atoms with E-state index >= 15 is 0 Å². The summed E-state index contributed by atoms with van der Waals surface area (Å²) in [4.78, 5) is 34.6. The fourth-order valence-corrected chi connectivity index (χ4v) is 5.43. The maximum absolute atomic E-state index is 13.7. The van der Waals surface area contributed by atoms with Crippen LogP contribution in [0.3, 0.4) is 0 Å². The summed E-state index contributed by atoms with van der Waals surface area (Å²) < 4.78 is 1.83. The van der Waals surface area contributed by atoms with Crippen molar-refractivity contribution >= 4 is 40.6 Å². The van der Waals surface area contributed by atoms with Gasteiger partial charge in [-0.05, 0) is 56.7 Å². The summed E-state index contributed by atoms with van der Waals surface area (Å²) in [6.45, 7) is 8.43. The quantitative estimate of drug-likeness (QED) is 0.559. The predicted octanol–water partition coefficient (Wildman–Crippen LogP) is 4.86.